The molecule has 3 heteroatoms. The molecule has 0 N–H and O–H groups in total. The van der Waals surface area contributed by atoms with E-state index in [1.165, 1.54) is 18.2 Å². The molecule has 3 aromatic rings. The van der Waals surface area contributed by atoms with Crippen LogP contribution in [0.2, 0.25) is 0 Å². The number of carbonyl (C=O) groups excluding carboxylic acids is 1. The van der Waals surface area contributed by atoms with Gasteiger partial charge in [-0.05, 0) is 47.2 Å². The molecule has 0 saturated carbocycles. The number of fused-ring (bicyclic) bond motifs is 1. The summed E-state index contributed by atoms with van der Waals surface area (Å²) in [7, 11) is 0. The summed E-state index contributed by atoms with van der Waals surface area (Å²) in [5.74, 6) is -0.461. The minimum Gasteiger partial charge on any atom is -0.347 e. The third kappa shape index (κ3) is 3.34. The van der Waals surface area contributed by atoms with Crippen LogP contribution in [-0.4, -0.2) is 10.4 Å². The van der Waals surface area contributed by atoms with Crippen LogP contribution in [0, 0.1) is 3.57 Å². The van der Waals surface area contributed by atoms with Gasteiger partial charge in [-0.25, -0.2) is 0 Å². The maximum atomic E-state index is 13.3. The van der Waals surface area contributed by atoms with Gasteiger partial charge in [-0.2, -0.15) is 0 Å². The predicted octanol–water partition coefficient (Wildman–Crippen LogP) is 5.67. The summed E-state index contributed by atoms with van der Waals surface area (Å²) >= 11 is 1.98. The van der Waals surface area contributed by atoms with Gasteiger partial charge in [-0.1, -0.05) is 49.9 Å². The normalized spacial score (nSPS) is 21.2. The summed E-state index contributed by atoms with van der Waals surface area (Å²) in [4.78, 5) is 13.3. The smallest absolute Gasteiger partial charge is 0.196 e. The number of aromatic nitrogens is 1. The van der Waals surface area contributed by atoms with Gasteiger partial charge in [0.05, 0.1) is 0 Å². The largest absolute Gasteiger partial charge is 0.347 e. The SMILES string of the molecule is [2H]C([2H])([2H])C([2H])([2H])C([2H])([2H])C([2H])([2H])C([2H])([2H])n1cc(C(=O)c2ccccc2I)c2ccccc21. The zero-order chi connectivity index (χ0) is 25.9. The molecule has 2 nitrogen and oxygen atoms in total. The third-order valence-electron chi connectivity index (χ3n) is 3.38. The number of carbonyl (C=O) groups is 1. The van der Waals surface area contributed by atoms with Crippen molar-refractivity contribution >= 4 is 39.3 Å². The molecular formula is C20H20INO. The Bertz CT molecular complexity index is 1250. The molecular weight excluding hydrogens is 397 g/mol. The first-order chi connectivity index (χ1) is 15.4. The lowest BCUT2D eigenvalue weighted by molar-refractivity contribution is 0.103. The van der Waals surface area contributed by atoms with Gasteiger partial charge < -0.3 is 4.57 Å². The Labute approximate surface area is 166 Å². The highest BCUT2D eigenvalue weighted by Crippen LogP contribution is 2.26. The van der Waals surface area contributed by atoms with Crippen molar-refractivity contribution in [1.29, 1.82) is 0 Å². The van der Waals surface area contributed by atoms with Gasteiger partial charge in [0.25, 0.3) is 0 Å². The van der Waals surface area contributed by atoms with E-state index in [9.17, 15) is 4.79 Å². The summed E-state index contributed by atoms with van der Waals surface area (Å²) < 4.78 is 89.0. The van der Waals surface area contributed by atoms with Gasteiger partial charge in [0.1, 0.15) is 0 Å². The van der Waals surface area contributed by atoms with Gasteiger partial charge in [0.2, 0.25) is 0 Å². The zero-order valence-corrected chi connectivity index (χ0v) is 14.1. The minimum atomic E-state index is -3.79. The fraction of sp³-hybridized carbons (Fsp3) is 0.250. The van der Waals surface area contributed by atoms with Crippen LogP contribution in [0.5, 0.6) is 0 Å². The van der Waals surface area contributed by atoms with Crippen LogP contribution in [0.3, 0.4) is 0 Å². The highest BCUT2D eigenvalue weighted by atomic mass is 127. The maximum absolute atomic E-state index is 13.3. The van der Waals surface area contributed by atoms with Crippen LogP contribution < -0.4 is 0 Å². The standard InChI is InChI=1S/C20H20INO/c1-2-3-8-13-22-14-17(15-9-5-7-12-19(15)22)20(23)16-10-4-6-11-18(16)21/h4-7,9-12,14H,2-3,8,13H2,1H3/i1D3,2D2,3D2,8D2,13D2. The van der Waals surface area contributed by atoms with E-state index >= 15 is 0 Å². The molecule has 0 atom stereocenters. The van der Waals surface area contributed by atoms with Gasteiger partial charge in [0, 0.05) is 53.4 Å². The van der Waals surface area contributed by atoms with Gasteiger partial charge in [-0.15, -0.1) is 0 Å². The van der Waals surface area contributed by atoms with Crippen LogP contribution in [-0.2, 0) is 6.50 Å². The average molecular weight is 428 g/mol. The molecule has 0 aliphatic heterocycles. The fourth-order valence-electron chi connectivity index (χ4n) is 2.36. The second kappa shape index (κ2) is 7.30. The van der Waals surface area contributed by atoms with Crippen LogP contribution in [0.1, 0.15) is 57.0 Å². The van der Waals surface area contributed by atoms with E-state index in [1.807, 2.05) is 22.6 Å². The van der Waals surface area contributed by atoms with Crippen molar-refractivity contribution in [3.05, 3.63) is 69.4 Å². The second-order valence-corrected chi connectivity index (χ2v) is 5.89. The van der Waals surface area contributed by atoms with E-state index in [-0.39, 0.29) is 16.5 Å². The molecule has 23 heavy (non-hydrogen) atoms. The van der Waals surface area contributed by atoms with Crippen molar-refractivity contribution in [2.75, 3.05) is 0 Å². The Morgan fingerprint density at radius 1 is 1.13 bits per heavy atom. The molecule has 3 rings (SSSR count). The number of benzene rings is 2. The van der Waals surface area contributed by atoms with E-state index in [0.29, 0.717) is 9.13 Å². The van der Waals surface area contributed by atoms with Crippen molar-refractivity contribution in [1.82, 2.24) is 4.57 Å². The Balaban J connectivity index is 2.24. The molecule has 0 aliphatic carbocycles. The molecule has 1 aromatic heterocycles. The Kier molecular flexibility index (Phi) is 2.38. The molecule has 118 valence electrons. The van der Waals surface area contributed by atoms with Crippen molar-refractivity contribution in [2.24, 2.45) is 0 Å². The molecule has 1 heterocycles. The topological polar surface area (TPSA) is 22.0 Å². The molecule has 0 bridgehead atoms. The van der Waals surface area contributed by atoms with Crippen LogP contribution in [0.4, 0.5) is 0 Å². The summed E-state index contributed by atoms with van der Waals surface area (Å²) in [5, 5.41) is 0.284. The summed E-state index contributed by atoms with van der Waals surface area (Å²) in [6.07, 6.45) is -10.1. The highest BCUT2D eigenvalue weighted by Gasteiger charge is 2.18. The number of aryl methyl sites for hydroxylation is 1. The van der Waals surface area contributed by atoms with E-state index < -0.39 is 38.3 Å². The highest BCUT2D eigenvalue weighted by molar-refractivity contribution is 14.1. The lowest BCUT2D eigenvalue weighted by Crippen LogP contribution is -2.03. The van der Waals surface area contributed by atoms with Gasteiger partial charge in [-0.3, -0.25) is 4.79 Å². The minimum absolute atomic E-state index is 0.0405. The monoisotopic (exact) mass is 428 g/mol. The average Bonchev–Trinajstić information content (AvgIpc) is 3.13. The molecule has 0 amide bonds. The molecule has 0 radical (unpaired) electrons. The first kappa shape index (κ1) is 7.51. The Hall–Kier alpha value is -1.62. The Morgan fingerprint density at radius 2 is 1.91 bits per heavy atom. The van der Waals surface area contributed by atoms with E-state index in [4.69, 9.17) is 15.1 Å². The maximum Gasteiger partial charge on any atom is 0.196 e. The lowest BCUT2D eigenvalue weighted by Gasteiger charge is -2.03. The van der Waals surface area contributed by atoms with E-state index in [1.54, 1.807) is 30.3 Å². The van der Waals surface area contributed by atoms with Crippen LogP contribution >= 0.6 is 22.6 Å². The summed E-state index contributed by atoms with van der Waals surface area (Å²) in [6.45, 7) is -6.86. The number of hydrogen-bond acceptors (Lipinski definition) is 1. The van der Waals surface area contributed by atoms with Crippen molar-refractivity contribution < 1.29 is 19.9 Å². The van der Waals surface area contributed by atoms with E-state index in [2.05, 4.69) is 0 Å². The number of para-hydroxylation sites is 1. The van der Waals surface area contributed by atoms with Crippen LogP contribution in [0.25, 0.3) is 10.9 Å². The second-order valence-electron chi connectivity index (χ2n) is 4.73. The molecule has 0 saturated heterocycles. The lowest BCUT2D eigenvalue weighted by atomic mass is 10.0. The number of halogens is 1. The van der Waals surface area contributed by atoms with E-state index in [0.717, 1.165) is 10.8 Å². The van der Waals surface area contributed by atoms with Crippen molar-refractivity contribution in [2.45, 2.75) is 32.5 Å². The van der Waals surface area contributed by atoms with Crippen molar-refractivity contribution in [3.8, 4) is 0 Å². The third-order valence-corrected chi connectivity index (χ3v) is 4.32. The number of rotatable bonds is 6. The fourth-order valence-corrected chi connectivity index (χ4v) is 3.00. The van der Waals surface area contributed by atoms with Gasteiger partial charge >= 0.3 is 0 Å². The van der Waals surface area contributed by atoms with Gasteiger partial charge in [0.15, 0.2) is 5.78 Å². The summed E-state index contributed by atoms with van der Waals surface area (Å²) in [5.41, 5.74) is 0.443. The number of ketones is 1. The number of nitrogens with zero attached hydrogens (tertiary/aromatic N) is 1. The molecule has 2 aromatic carbocycles. The molecule has 0 fully saturated rings. The summed E-state index contributed by atoms with van der Waals surface area (Å²) in [6, 6.07) is 12.8. The number of hydrogen-bond donors (Lipinski definition) is 0. The molecule has 0 spiro atoms. The zero-order valence-electron chi connectivity index (χ0n) is 22.9. The Morgan fingerprint density at radius 3 is 2.74 bits per heavy atom. The molecule has 0 aliphatic rings. The predicted molar refractivity (Wildman–Crippen MR) is 104 cm³/mol. The first-order valence-corrected chi connectivity index (χ1v) is 7.87. The quantitative estimate of drug-likeness (QED) is 0.367. The van der Waals surface area contributed by atoms with Crippen LogP contribution in [0.15, 0.2) is 54.7 Å². The van der Waals surface area contributed by atoms with Crippen molar-refractivity contribution in [3.63, 3.8) is 0 Å². The first-order valence-electron chi connectivity index (χ1n) is 12.3. The molecule has 0 unspecified atom stereocenters.